The summed E-state index contributed by atoms with van der Waals surface area (Å²) >= 11 is 1.42. The predicted molar refractivity (Wildman–Crippen MR) is 102 cm³/mol. The van der Waals surface area contributed by atoms with Crippen molar-refractivity contribution in [2.75, 3.05) is 7.11 Å². The number of hydrogen-bond acceptors (Lipinski definition) is 7. The smallest absolute Gasteiger partial charge is 0.274 e. The third-order valence-electron chi connectivity index (χ3n) is 3.60. The first-order valence-electron chi connectivity index (χ1n) is 8.38. The minimum atomic E-state index is -0.255. The number of benzene rings is 1. The first-order valence-corrected chi connectivity index (χ1v) is 9.36. The van der Waals surface area contributed by atoms with E-state index in [0.29, 0.717) is 22.3 Å². The molecule has 2 heterocycles. The lowest BCUT2D eigenvalue weighted by atomic mass is 10.2. The molecule has 0 atom stereocenters. The Bertz CT molecular complexity index is 896. The van der Waals surface area contributed by atoms with Gasteiger partial charge in [0.05, 0.1) is 18.5 Å². The Morgan fingerprint density at radius 1 is 1.22 bits per heavy atom. The van der Waals surface area contributed by atoms with Gasteiger partial charge in [0.1, 0.15) is 5.75 Å². The molecule has 1 aromatic carbocycles. The summed E-state index contributed by atoms with van der Waals surface area (Å²) in [6.07, 6.45) is 3.36. The van der Waals surface area contributed by atoms with E-state index in [1.165, 1.54) is 11.8 Å². The molecule has 0 aliphatic heterocycles. The van der Waals surface area contributed by atoms with Gasteiger partial charge in [-0.3, -0.25) is 4.79 Å². The molecule has 3 rings (SSSR count). The number of carbonyl (C=O) groups excluding carboxylic acids is 1. The van der Waals surface area contributed by atoms with Crippen molar-refractivity contribution in [1.82, 2.24) is 30.3 Å². The number of thioether (sulfide) groups is 1. The molecule has 0 saturated carbocycles. The molecule has 0 saturated heterocycles. The average Bonchev–Trinajstić information content (AvgIpc) is 3.11. The Morgan fingerprint density at radius 2 is 1.93 bits per heavy atom. The molecule has 8 nitrogen and oxygen atoms in total. The minimum absolute atomic E-state index is 0.00148. The molecule has 2 aromatic heterocycles. The van der Waals surface area contributed by atoms with Crippen LogP contribution < -0.4 is 10.1 Å². The molecule has 0 aliphatic rings. The lowest BCUT2D eigenvalue weighted by Gasteiger charge is -2.10. The van der Waals surface area contributed by atoms with Crippen LogP contribution >= 0.6 is 11.8 Å². The highest BCUT2D eigenvalue weighted by Gasteiger charge is 2.21. The number of nitrogens with zero attached hydrogens (tertiary/aromatic N) is 5. The summed E-state index contributed by atoms with van der Waals surface area (Å²) in [4.78, 5) is 21.0. The molecular formula is C18H20N6O2S. The lowest BCUT2D eigenvalue weighted by Crippen LogP contribution is -2.31. The monoisotopic (exact) mass is 384 g/mol. The molecule has 1 N–H and O–H groups in total. The average molecular weight is 384 g/mol. The number of nitrogens with one attached hydrogen (secondary N) is 1. The molecule has 0 bridgehead atoms. The molecule has 9 heteroatoms. The third kappa shape index (κ3) is 4.62. The molecule has 27 heavy (non-hydrogen) atoms. The van der Waals surface area contributed by atoms with Crippen LogP contribution in [-0.2, 0) is 5.75 Å². The fourth-order valence-electron chi connectivity index (χ4n) is 2.36. The van der Waals surface area contributed by atoms with Crippen molar-refractivity contribution in [1.29, 1.82) is 0 Å². The second kappa shape index (κ2) is 8.63. The zero-order valence-electron chi connectivity index (χ0n) is 15.3. The van der Waals surface area contributed by atoms with Crippen molar-refractivity contribution in [2.45, 2.75) is 30.8 Å². The number of carbonyl (C=O) groups is 1. The Hall–Kier alpha value is -2.94. The van der Waals surface area contributed by atoms with Crippen LogP contribution in [0.5, 0.6) is 5.75 Å². The fraction of sp³-hybridized carbons (Fsp3) is 0.278. The summed E-state index contributed by atoms with van der Waals surface area (Å²) in [5.74, 6) is 0.934. The largest absolute Gasteiger partial charge is 0.497 e. The van der Waals surface area contributed by atoms with E-state index in [0.717, 1.165) is 11.4 Å². The van der Waals surface area contributed by atoms with Gasteiger partial charge in [0.15, 0.2) is 10.9 Å². The van der Waals surface area contributed by atoms with Crippen molar-refractivity contribution in [2.24, 2.45) is 0 Å². The van der Waals surface area contributed by atoms with E-state index in [1.807, 2.05) is 38.1 Å². The van der Waals surface area contributed by atoms with Crippen molar-refractivity contribution in [3.8, 4) is 11.4 Å². The van der Waals surface area contributed by atoms with Crippen molar-refractivity contribution in [3.63, 3.8) is 0 Å². The van der Waals surface area contributed by atoms with Gasteiger partial charge in [-0.05, 0) is 44.2 Å². The topological polar surface area (TPSA) is 94.8 Å². The number of amides is 1. The summed E-state index contributed by atoms with van der Waals surface area (Å²) in [5, 5.41) is 11.8. The van der Waals surface area contributed by atoms with E-state index in [-0.39, 0.29) is 11.9 Å². The van der Waals surface area contributed by atoms with Gasteiger partial charge in [-0.15, -0.1) is 5.10 Å². The number of hydrogen-bond donors (Lipinski definition) is 1. The normalized spacial score (nSPS) is 10.8. The number of methoxy groups -OCH3 is 1. The summed E-state index contributed by atoms with van der Waals surface area (Å²) in [6.45, 7) is 3.80. The Labute approximate surface area is 161 Å². The highest BCUT2D eigenvalue weighted by atomic mass is 32.2. The van der Waals surface area contributed by atoms with Crippen molar-refractivity contribution < 1.29 is 9.53 Å². The van der Waals surface area contributed by atoms with Gasteiger partial charge in [-0.1, -0.05) is 17.0 Å². The summed E-state index contributed by atoms with van der Waals surface area (Å²) in [6, 6.07) is 9.16. The molecule has 0 aliphatic carbocycles. The molecule has 1 amide bonds. The molecule has 0 radical (unpaired) electrons. The first kappa shape index (κ1) is 18.8. The van der Waals surface area contributed by atoms with Gasteiger partial charge in [0.25, 0.3) is 5.91 Å². The summed E-state index contributed by atoms with van der Waals surface area (Å²) in [7, 11) is 1.61. The van der Waals surface area contributed by atoms with Crippen LogP contribution in [0.15, 0.2) is 47.9 Å². The van der Waals surface area contributed by atoms with Gasteiger partial charge in [-0.2, -0.15) is 0 Å². The standard InChI is InChI=1S/C18H20N6O2S/c1-12(2)21-17(25)16-15(11-27-18-19-9-4-10-20-18)24(23-22-16)13-5-7-14(26-3)8-6-13/h4-10,12H,11H2,1-3H3,(H,21,25). The van der Waals surface area contributed by atoms with Gasteiger partial charge >= 0.3 is 0 Å². The zero-order valence-corrected chi connectivity index (χ0v) is 16.1. The summed E-state index contributed by atoms with van der Waals surface area (Å²) in [5.41, 5.74) is 1.76. The number of ether oxygens (including phenoxy) is 1. The van der Waals surface area contributed by atoms with Gasteiger partial charge in [-0.25, -0.2) is 14.6 Å². The Kier molecular flexibility index (Phi) is 6.02. The van der Waals surface area contributed by atoms with Gasteiger partial charge in [0.2, 0.25) is 0 Å². The minimum Gasteiger partial charge on any atom is -0.497 e. The van der Waals surface area contributed by atoms with E-state index in [4.69, 9.17) is 4.74 Å². The van der Waals surface area contributed by atoms with Crippen LogP contribution in [0.1, 0.15) is 30.0 Å². The second-order valence-corrected chi connectivity index (χ2v) is 6.89. The maximum absolute atomic E-state index is 12.5. The third-order valence-corrected chi connectivity index (χ3v) is 4.48. The van der Waals surface area contributed by atoms with E-state index in [1.54, 1.807) is 30.3 Å². The fourth-order valence-corrected chi connectivity index (χ4v) is 3.16. The molecule has 0 spiro atoms. The quantitative estimate of drug-likeness (QED) is 0.494. The van der Waals surface area contributed by atoms with Crippen LogP contribution in [-0.4, -0.2) is 44.0 Å². The van der Waals surface area contributed by atoms with Gasteiger partial charge in [0, 0.05) is 24.2 Å². The van der Waals surface area contributed by atoms with Gasteiger partial charge < -0.3 is 10.1 Å². The molecule has 0 fully saturated rings. The Morgan fingerprint density at radius 3 is 2.56 bits per heavy atom. The molecule has 140 valence electrons. The van der Waals surface area contributed by atoms with E-state index >= 15 is 0 Å². The van der Waals surface area contributed by atoms with E-state index in [2.05, 4.69) is 25.6 Å². The van der Waals surface area contributed by atoms with Crippen molar-refractivity contribution >= 4 is 17.7 Å². The van der Waals surface area contributed by atoms with E-state index < -0.39 is 0 Å². The number of rotatable bonds is 7. The zero-order chi connectivity index (χ0) is 19.2. The highest BCUT2D eigenvalue weighted by Crippen LogP contribution is 2.23. The maximum atomic E-state index is 12.5. The lowest BCUT2D eigenvalue weighted by molar-refractivity contribution is 0.0937. The molecular weight excluding hydrogens is 364 g/mol. The predicted octanol–water partition coefficient (Wildman–Crippen LogP) is 2.50. The van der Waals surface area contributed by atoms with Crippen molar-refractivity contribution in [3.05, 3.63) is 54.1 Å². The van der Waals surface area contributed by atoms with Crippen LogP contribution in [0.4, 0.5) is 0 Å². The second-order valence-electron chi connectivity index (χ2n) is 5.94. The van der Waals surface area contributed by atoms with Crippen LogP contribution in [0, 0.1) is 0 Å². The molecule has 0 unspecified atom stereocenters. The first-order chi connectivity index (χ1) is 13.1. The maximum Gasteiger partial charge on any atom is 0.274 e. The highest BCUT2D eigenvalue weighted by molar-refractivity contribution is 7.98. The summed E-state index contributed by atoms with van der Waals surface area (Å²) < 4.78 is 6.86. The van der Waals surface area contributed by atoms with E-state index in [9.17, 15) is 4.79 Å². The number of aromatic nitrogens is 5. The SMILES string of the molecule is COc1ccc(-n2nnc(C(=O)NC(C)C)c2CSc2ncccn2)cc1. The van der Waals surface area contributed by atoms with Crippen LogP contribution in [0.2, 0.25) is 0 Å². The van der Waals surface area contributed by atoms with Crippen LogP contribution in [0.3, 0.4) is 0 Å². The Balaban J connectivity index is 1.94. The van der Waals surface area contributed by atoms with Crippen LogP contribution in [0.25, 0.3) is 5.69 Å². The molecule has 3 aromatic rings.